The van der Waals surface area contributed by atoms with Crippen LogP contribution < -0.4 is 0 Å². The minimum absolute atomic E-state index is 0.0263. The van der Waals surface area contributed by atoms with Crippen molar-refractivity contribution in [3.63, 3.8) is 0 Å². The molecule has 0 heterocycles. The molecule has 0 aliphatic heterocycles. The van der Waals surface area contributed by atoms with E-state index in [1.807, 2.05) is 0 Å². The number of aliphatic hydroxyl groups is 2. The molecule has 0 saturated heterocycles. The summed E-state index contributed by atoms with van der Waals surface area (Å²) in [7, 11) is 0. The fourth-order valence-electron chi connectivity index (χ4n) is 4.95. The lowest BCUT2D eigenvalue weighted by Gasteiger charge is -2.33. The first-order chi connectivity index (χ1) is 15.0. The molecule has 2 aromatic carbocycles. The van der Waals surface area contributed by atoms with Crippen molar-refractivity contribution < 1.29 is 19.3 Å². The maximum atomic E-state index is 13.5. The molecule has 1 aliphatic rings. The first-order valence-corrected chi connectivity index (χ1v) is 11.7. The van der Waals surface area contributed by atoms with Crippen molar-refractivity contribution in [3.05, 3.63) is 70.5 Å². The van der Waals surface area contributed by atoms with Crippen LogP contribution in [0.2, 0.25) is 0 Å². The van der Waals surface area contributed by atoms with Crippen LogP contribution in [0.1, 0.15) is 88.7 Å². The van der Waals surface area contributed by atoms with E-state index in [1.54, 1.807) is 12.1 Å². The molecule has 32 heavy (non-hydrogen) atoms. The van der Waals surface area contributed by atoms with E-state index in [-0.39, 0.29) is 47.8 Å². The molecule has 2 N–H and O–H groups in total. The number of hydrogen-bond acceptors (Lipinski definition) is 3. The second-order valence-corrected chi connectivity index (χ2v) is 11.2. The van der Waals surface area contributed by atoms with Gasteiger partial charge in [0.2, 0.25) is 0 Å². The zero-order valence-corrected chi connectivity index (χ0v) is 20.4. The first-order valence-electron chi connectivity index (χ1n) is 11.7. The lowest BCUT2D eigenvalue weighted by molar-refractivity contribution is -0.0491. The largest absolute Gasteiger partial charge is 0.396 e. The molecule has 3 nitrogen and oxygen atoms in total. The van der Waals surface area contributed by atoms with E-state index in [9.17, 15) is 14.6 Å². The highest BCUT2D eigenvalue weighted by atomic mass is 19.1. The van der Waals surface area contributed by atoms with E-state index in [0.717, 1.165) is 24.0 Å². The Morgan fingerprint density at radius 3 is 2.12 bits per heavy atom. The summed E-state index contributed by atoms with van der Waals surface area (Å²) in [5.41, 5.74) is 4.35. The fraction of sp³-hybridized carbons (Fsp3) is 0.571. The van der Waals surface area contributed by atoms with Crippen LogP contribution >= 0.6 is 0 Å². The number of aliphatic hydroxyl groups excluding tert-OH is 2. The van der Waals surface area contributed by atoms with Crippen LogP contribution in [0.25, 0.3) is 0 Å². The van der Waals surface area contributed by atoms with E-state index >= 15 is 0 Å². The highest BCUT2D eigenvalue weighted by Crippen LogP contribution is 2.44. The number of benzene rings is 2. The van der Waals surface area contributed by atoms with Crippen molar-refractivity contribution in [3.8, 4) is 0 Å². The Bertz CT molecular complexity index is 892. The van der Waals surface area contributed by atoms with Gasteiger partial charge in [0.15, 0.2) is 0 Å². The van der Waals surface area contributed by atoms with Crippen molar-refractivity contribution in [2.24, 2.45) is 5.92 Å². The molecule has 1 fully saturated rings. The molecule has 1 saturated carbocycles. The Morgan fingerprint density at radius 1 is 0.938 bits per heavy atom. The number of halogens is 1. The maximum absolute atomic E-state index is 13.5. The summed E-state index contributed by atoms with van der Waals surface area (Å²) in [5, 5.41) is 20.3. The zero-order valence-electron chi connectivity index (χ0n) is 20.4. The minimum atomic E-state index is -0.455. The van der Waals surface area contributed by atoms with E-state index in [4.69, 9.17) is 4.74 Å². The summed E-state index contributed by atoms with van der Waals surface area (Å²) in [6, 6.07) is 13.0. The van der Waals surface area contributed by atoms with E-state index < -0.39 is 6.10 Å². The van der Waals surface area contributed by atoms with Crippen molar-refractivity contribution in [1.29, 1.82) is 0 Å². The summed E-state index contributed by atoms with van der Waals surface area (Å²) >= 11 is 0. The van der Waals surface area contributed by atoms with Gasteiger partial charge in [0.05, 0.1) is 12.7 Å². The average Bonchev–Trinajstić information content (AvgIpc) is 3.13. The van der Waals surface area contributed by atoms with Gasteiger partial charge in [0.25, 0.3) is 0 Å². The number of rotatable bonds is 6. The summed E-state index contributed by atoms with van der Waals surface area (Å²) < 4.78 is 20.1. The Hall–Kier alpha value is -1.75. The fourth-order valence-corrected chi connectivity index (χ4v) is 4.95. The van der Waals surface area contributed by atoms with Crippen LogP contribution in [-0.2, 0) is 15.6 Å². The molecule has 0 spiro atoms. The summed E-state index contributed by atoms with van der Waals surface area (Å²) in [4.78, 5) is 0. The molecule has 4 unspecified atom stereocenters. The molecule has 4 heteroatoms. The molecule has 4 atom stereocenters. The van der Waals surface area contributed by atoms with Crippen LogP contribution in [-0.4, -0.2) is 29.5 Å². The first kappa shape index (κ1) is 24.9. The third-order valence-electron chi connectivity index (χ3n) is 6.80. The normalized spacial score (nSPS) is 22.8. The molecule has 3 rings (SSSR count). The monoisotopic (exact) mass is 442 g/mol. The van der Waals surface area contributed by atoms with E-state index in [1.165, 1.54) is 23.3 Å². The summed E-state index contributed by atoms with van der Waals surface area (Å²) in [6.45, 7) is 13.1. The highest BCUT2D eigenvalue weighted by molar-refractivity contribution is 5.40. The van der Waals surface area contributed by atoms with Crippen LogP contribution in [0.3, 0.4) is 0 Å². The lowest BCUT2D eigenvalue weighted by Crippen LogP contribution is -2.27. The van der Waals surface area contributed by atoms with Gasteiger partial charge in [-0.05, 0) is 64.0 Å². The third kappa shape index (κ3) is 5.41. The minimum Gasteiger partial charge on any atom is -0.396 e. The smallest absolute Gasteiger partial charge is 0.123 e. The van der Waals surface area contributed by atoms with Gasteiger partial charge in [0, 0.05) is 12.5 Å². The van der Waals surface area contributed by atoms with Crippen molar-refractivity contribution in [1.82, 2.24) is 0 Å². The second kappa shape index (κ2) is 9.62. The molecule has 2 aromatic rings. The molecule has 176 valence electrons. The standard InChI is InChI=1S/C28H39FO3/c1-27(2,3)20-10-13-22(23(15-20)28(4,5)6)25(17-31)32-24-14-9-19(16-30)26(24)18-7-11-21(29)12-8-18/h7-8,10-13,15,19,24-26,30-31H,9,14,16-17H2,1-6H3. The molecular weight excluding hydrogens is 403 g/mol. The molecule has 1 aliphatic carbocycles. The Kier molecular flexibility index (Phi) is 7.48. The Labute approximate surface area is 192 Å². The SMILES string of the molecule is CC(C)(C)c1ccc(C(CO)OC2CCC(CO)C2c2ccc(F)cc2)c(C(C)(C)C)c1. The Morgan fingerprint density at radius 2 is 1.59 bits per heavy atom. The van der Waals surface area contributed by atoms with Crippen LogP contribution in [0, 0.1) is 11.7 Å². The number of hydrogen-bond donors (Lipinski definition) is 2. The average molecular weight is 443 g/mol. The van der Waals surface area contributed by atoms with Crippen LogP contribution in [0.4, 0.5) is 4.39 Å². The third-order valence-corrected chi connectivity index (χ3v) is 6.80. The van der Waals surface area contributed by atoms with Crippen molar-refractivity contribution in [2.75, 3.05) is 13.2 Å². The highest BCUT2D eigenvalue weighted by Gasteiger charge is 2.39. The quantitative estimate of drug-likeness (QED) is 0.575. The van der Waals surface area contributed by atoms with Gasteiger partial charge < -0.3 is 14.9 Å². The van der Waals surface area contributed by atoms with Crippen molar-refractivity contribution >= 4 is 0 Å². The van der Waals surface area contributed by atoms with Crippen molar-refractivity contribution in [2.45, 2.75) is 83.3 Å². The molecular formula is C28H39FO3. The summed E-state index contributed by atoms with van der Waals surface area (Å²) in [6.07, 6.45) is 1.04. The lowest BCUT2D eigenvalue weighted by atomic mass is 9.77. The van der Waals surface area contributed by atoms with Gasteiger partial charge in [-0.2, -0.15) is 0 Å². The maximum Gasteiger partial charge on any atom is 0.123 e. The van der Waals surface area contributed by atoms with Gasteiger partial charge in [-0.15, -0.1) is 0 Å². The number of ether oxygens (including phenoxy) is 1. The zero-order chi connectivity index (χ0) is 23.7. The summed E-state index contributed by atoms with van der Waals surface area (Å²) in [5.74, 6) is -0.233. The van der Waals surface area contributed by atoms with Crippen LogP contribution in [0.5, 0.6) is 0 Å². The van der Waals surface area contributed by atoms with Gasteiger partial charge in [-0.25, -0.2) is 4.39 Å². The van der Waals surface area contributed by atoms with Gasteiger partial charge in [0.1, 0.15) is 11.9 Å². The van der Waals surface area contributed by atoms with Gasteiger partial charge in [-0.1, -0.05) is 71.9 Å². The predicted molar refractivity (Wildman–Crippen MR) is 127 cm³/mol. The topological polar surface area (TPSA) is 49.7 Å². The van der Waals surface area contributed by atoms with Crippen LogP contribution in [0.15, 0.2) is 42.5 Å². The Balaban J connectivity index is 1.95. The van der Waals surface area contributed by atoms with E-state index in [2.05, 4.69) is 59.7 Å². The molecule has 0 bridgehead atoms. The second-order valence-electron chi connectivity index (χ2n) is 11.2. The molecule has 0 radical (unpaired) electrons. The molecule has 0 aromatic heterocycles. The van der Waals surface area contributed by atoms with Gasteiger partial charge >= 0.3 is 0 Å². The van der Waals surface area contributed by atoms with E-state index in [0.29, 0.717) is 0 Å². The molecule has 0 amide bonds. The van der Waals surface area contributed by atoms with Gasteiger partial charge in [-0.3, -0.25) is 0 Å². The predicted octanol–water partition coefficient (Wildman–Crippen LogP) is 6.03.